The monoisotopic (exact) mass is 294 g/mol. The van der Waals surface area contributed by atoms with Crippen molar-refractivity contribution < 1.29 is 13.9 Å². The topological polar surface area (TPSA) is 64.3 Å². The van der Waals surface area contributed by atoms with E-state index in [4.69, 9.17) is 10.5 Å². The molecule has 4 nitrogen and oxygen atoms in total. The first-order valence-electron chi connectivity index (χ1n) is 7.40. The van der Waals surface area contributed by atoms with E-state index in [1.165, 1.54) is 24.6 Å². The number of nitrogen functional groups attached to an aromatic ring is 1. The van der Waals surface area contributed by atoms with Crippen LogP contribution in [0.15, 0.2) is 18.2 Å². The zero-order valence-corrected chi connectivity index (χ0v) is 12.6. The standard InChI is InChI=1S/C16H23FN2O2/c1-10-5-11(2)7-13(6-10)21-9-16(20)19-12-3-4-14(17)15(18)8-12/h3-4,8,10-11,13H,5-7,9,18H2,1-2H3,(H,19,20). The second kappa shape index (κ2) is 6.89. The summed E-state index contributed by atoms with van der Waals surface area (Å²) in [6.45, 7) is 4.45. The Balaban J connectivity index is 1.80. The number of amides is 1. The van der Waals surface area contributed by atoms with Crippen molar-refractivity contribution in [2.45, 2.75) is 39.2 Å². The van der Waals surface area contributed by atoms with Crippen LogP contribution in [0.5, 0.6) is 0 Å². The normalized spacial score (nSPS) is 25.6. The number of benzene rings is 1. The molecule has 0 bridgehead atoms. The van der Waals surface area contributed by atoms with Crippen LogP contribution in [-0.2, 0) is 9.53 Å². The van der Waals surface area contributed by atoms with Crippen molar-refractivity contribution in [1.29, 1.82) is 0 Å². The Morgan fingerprint density at radius 1 is 1.33 bits per heavy atom. The third-order valence-electron chi connectivity index (χ3n) is 3.87. The second-order valence-corrected chi connectivity index (χ2v) is 6.13. The molecule has 2 atom stereocenters. The van der Waals surface area contributed by atoms with Crippen LogP contribution in [0, 0.1) is 17.7 Å². The van der Waals surface area contributed by atoms with Crippen molar-refractivity contribution >= 4 is 17.3 Å². The first kappa shape index (κ1) is 15.8. The van der Waals surface area contributed by atoms with Gasteiger partial charge in [-0.15, -0.1) is 0 Å². The van der Waals surface area contributed by atoms with Gasteiger partial charge in [0, 0.05) is 5.69 Å². The number of nitrogens with two attached hydrogens (primary N) is 1. The van der Waals surface area contributed by atoms with Gasteiger partial charge in [0.15, 0.2) is 0 Å². The van der Waals surface area contributed by atoms with Crippen LogP contribution in [0.3, 0.4) is 0 Å². The van der Waals surface area contributed by atoms with Gasteiger partial charge < -0.3 is 15.8 Å². The van der Waals surface area contributed by atoms with E-state index in [0.717, 1.165) is 12.8 Å². The van der Waals surface area contributed by atoms with Gasteiger partial charge >= 0.3 is 0 Å². The SMILES string of the molecule is CC1CC(C)CC(OCC(=O)Nc2ccc(F)c(N)c2)C1. The van der Waals surface area contributed by atoms with Crippen LogP contribution in [0.25, 0.3) is 0 Å². The highest BCUT2D eigenvalue weighted by Gasteiger charge is 2.24. The molecule has 1 aliphatic carbocycles. The van der Waals surface area contributed by atoms with Crippen LogP contribution in [0.2, 0.25) is 0 Å². The molecule has 21 heavy (non-hydrogen) atoms. The van der Waals surface area contributed by atoms with Crippen LogP contribution in [0.1, 0.15) is 33.1 Å². The Morgan fingerprint density at radius 2 is 2.00 bits per heavy atom. The number of hydrogen-bond acceptors (Lipinski definition) is 3. The molecule has 0 heterocycles. The molecule has 1 aromatic carbocycles. The van der Waals surface area contributed by atoms with E-state index in [2.05, 4.69) is 19.2 Å². The molecule has 1 saturated carbocycles. The zero-order chi connectivity index (χ0) is 15.4. The summed E-state index contributed by atoms with van der Waals surface area (Å²) in [5, 5.41) is 2.66. The lowest BCUT2D eigenvalue weighted by Gasteiger charge is -2.31. The van der Waals surface area contributed by atoms with Crippen molar-refractivity contribution in [2.24, 2.45) is 11.8 Å². The highest BCUT2D eigenvalue weighted by molar-refractivity contribution is 5.92. The number of carbonyl (C=O) groups excluding carboxylic acids is 1. The first-order chi connectivity index (χ1) is 9.94. The van der Waals surface area contributed by atoms with Crippen LogP contribution < -0.4 is 11.1 Å². The van der Waals surface area contributed by atoms with Crippen LogP contribution >= 0.6 is 0 Å². The summed E-state index contributed by atoms with van der Waals surface area (Å²) >= 11 is 0. The number of halogens is 1. The molecular weight excluding hydrogens is 271 g/mol. The van der Waals surface area contributed by atoms with E-state index in [0.29, 0.717) is 17.5 Å². The Labute approximate surface area is 124 Å². The van der Waals surface area contributed by atoms with Gasteiger partial charge in [-0.2, -0.15) is 0 Å². The van der Waals surface area contributed by atoms with Gasteiger partial charge in [0.25, 0.3) is 0 Å². The lowest BCUT2D eigenvalue weighted by molar-refractivity contribution is -0.124. The van der Waals surface area contributed by atoms with E-state index < -0.39 is 5.82 Å². The minimum Gasteiger partial charge on any atom is -0.396 e. The molecule has 1 aliphatic rings. The summed E-state index contributed by atoms with van der Waals surface area (Å²) in [4.78, 5) is 11.8. The molecule has 5 heteroatoms. The minimum absolute atomic E-state index is 0.0153. The Kier molecular flexibility index (Phi) is 5.17. The van der Waals surface area contributed by atoms with Crippen molar-refractivity contribution in [3.8, 4) is 0 Å². The predicted octanol–water partition coefficient (Wildman–Crippen LogP) is 3.19. The fourth-order valence-electron chi connectivity index (χ4n) is 3.02. The molecule has 0 aromatic heterocycles. The molecule has 2 unspecified atom stereocenters. The number of ether oxygens (including phenoxy) is 1. The predicted molar refractivity (Wildman–Crippen MR) is 81.4 cm³/mol. The smallest absolute Gasteiger partial charge is 0.250 e. The average Bonchev–Trinajstić information content (AvgIpc) is 2.40. The Hall–Kier alpha value is -1.62. The van der Waals surface area contributed by atoms with E-state index in [-0.39, 0.29) is 24.3 Å². The maximum Gasteiger partial charge on any atom is 0.250 e. The van der Waals surface area contributed by atoms with E-state index in [1.54, 1.807) is 0 Å². The quantitative estimate of drug-likeness (QED) is 0.838. The van der Waals surface area contributed by atoms with Crippen LogP contribution in [-0.4, -0.2) is 18.6 Å². The average molecular weight is 294 g/mol. The highest BCUT2D eigenvalue weighted by Crippen LogP contribution is 2.30. The van der Waals surface area contributed by atoms with Gasteiger partial charge in [0.05, 0.1) is 11.8 Å². The van der Waals surface area contributed by atoms with Gasteiger partial charge in [-0.25, -0.2) is 4.39 Å². The lowest BCUT2D eigenvalue weighted by atomic mass is 9.82. The van der Waals surface area contributed by atoms with Gasteiger partial charge in [0.1, 0.15) is 12.4 Å². The van der Waals surface area contributed by atoms with Crippen molar-refractivity contribution in [2.75, 3.05) is 17.7 Å². The molecule has 1 amide bonds. The molecule has 0 radical (unpaired) electrons. The molecule has 1 fully saturated rings. The van der Waals surface area contributed by atoms with Gasteiger partial charge in [-0.1, -0.05) is 13.8 Å². The number of hydrogen-bond donors (Lipinski definition) is 2. The molecule has 0 spiro atoms. The largest absolute Gasteiger partial charge is 0.396 e. The summed E-state index contributed by atoms with van der Waals surface area (Å²) in [5.41, 5.74) is 5.96. The molecule has 1 aromatic rings. The zero-order valence-electron chi connectivity index (χ0n) is 12.6. The molecule has 116 valence electrons. The molecular formula is C16H23FN2O2. The Bertz CT molecular complexity index is 497. The van der Waals surface area contributed by atoms with E-state index >= 15 is 0 Å². The van der Waals surface area contributed by atoms with Crippen molar-refractivity contribution in [3.05, 3.63) is 24.0 Å². The molecule has 0 aliphatic heterocycles. The maximum absolute atomic E-state index is 13.0. The van der Waals surface area contributed by atoms with Crippen molar-refractivity contribution in [3.63, 3.8) is 0 Å². The van der Waals surface area contributed by atoms with Crippen LogP contribution in [0.4, 0.5) is 15.8 Å². The molecule has 2 rings (SSSR count). The number of nitrogens with one attached hydrogen (secondary N) is 1. The first-order valence-corrected chi connectivity index (χ1v) is 7.40. The van der Waals surface area contributed by atoms with Gasteiger partial charge in [0.2, 0.25) is 5.91 Å². The fraction of sp³-hybridized carbons (Fsp3) is 0.562. The number of rotatable bonds is 4. The number of anilines is 2. The van der Waals surface area contributed by atoms with E-state index in [9.17, 15) is 9.18 Å². The minimum atomic E-state index is -0.491. The highest BCUT2D eigenvalue weighted by atomic mass is 19.1. The summed E-state index contributed by atoms with van der Waals surface area (Å²) in [6, 6.07) is 4.11. The fourth-order valence-corrected chi connectivity index (χ4v) is 3.02. The lowest BCUT2D eigenvalue weighted by Crippen LogP contribution is -2.29. The second-order valence-electron chi connectivity index (χ2n) is 6.13. The summed E-state index contributed by atoms with van der Waals surface area (Å²) in [5.74, 6) is 0.540. The summed E-state index contributed by atoms with van der Waals surface area (Å²) in [7, 11) is 0. The summed E-state index contributed by atoms with van der Waals surface area (Å²) in [6.07, 6.45) is 3.37. The van der Waals surface area contributed by atoms with E-state index in [1.807, 2.05) is 0 Å². The third kappa shape index (κ3) is 4.70. The van der Waals surface area contributed by atoms with Gasteiger partial charge in [-0.3, -0.25) is 4.79 Å². The third-order valence-corrected chi connectivity index (χ3v) is 3.87. The summed E-state index contributed by atoms with van der Waals surface area (Å²) < 4.78 is 18.7. The van der Waals surface area contributed by atoms with Gasteiger partial charge in [-0.05, 0) is 49.3 Å². The Morgan fingerprint density at radius 3 is 2.62 bits per heavy atom. The van der Waals surface area contributed by atoms with Crippen molar-refractivity contribution in [1.82, 2.24) is 0 Å². The number of carbonyl (C=O) groups is 1. The molecule has 0 saturated heterocycles. The molecule has 3 N–H and O–H groups in total. The maximum atomic E-state index is 13.0.